The molecule has 1 aromatic rings. The Morgan fingerprint density at radius 3 is 2.76 bits per heavy atom. The van der Waals surface area contributed by atoms with E-state index >= 15 is 0 Å². The van der Waals surface area contributed by atoms with Crippen LogP contribution in [0.15, 0.2) is 24.3 Å². The van der Waals surface area contributed by atoms with Crippen molar-refractivity contribution in [1.29, 1.82) is 0 Å². The van der Waals surface area contributed by atoms with E-state index in [1.165, 1.54) is 0 Å². The molecule has 5 heteroatoms. The largest absolute Gasteiger partial charge is 0.478 e. The summed E-state index contributed by atoms with van der Waals surface area (Å²) in [5.74, 6) is -0.950. The Balaban J connectivity index is 2.31. The van der Waals surface area contributed by atoms with Gasteiger partial charge in [-0.15, -0.1) is 0 Å². The first kappa shape index (κ1) is 15.1. The Kier molecular flexibility index (Phi) is 4.02. The number of nitrogens with one attached hydrogen (secondary N) is 1. The van der Waals surface area contributed by atoms with Crippen LogP contribution in [0, 0.1) is 6.92 Å². The molecule has 0 radical (unpaired) electrons. The van der Waals surface area contributed by atoms with Gasteiger partial charge in [-0.25, -0.2) is 4.79 Å². The number of carbonyl (C=O) groups is 2. The highest BCUT2D eigenvalue weighted by atomic mass is 16.4. The smallest absolute Gasteiger partial charge is 0.328 e. The van der Waals surface area contributed by atoms with Gasteiger partial charge in [-0.3, -0.25) is 4.79 Å². The molecule has 112 valence electrons. The third-order valence-electron chi connectivity index (χ3n) is 3.82. The van der Waals surface area contributed by atoms with Gasteiger partial charge in [0.25, 0.3) is 0 Å². The van der Waals surface area contributed by atoms with Gasteiger partial charge in [-0.1, -0.05) is 6.07 Å². The van der Waals surface area contributed by atoms with E-state index in [9.17, 15) is 9.59 Å². The molecular weight excluding hydrogens is 268 g/mol. The lowest BCUT2D eigenvalue weighted by Crippen LogP contribution is -2.62. The summed E-state index contributed by atoms with van der Waals surface area (Å²) < 4.78 is 0. The highest BCUT2D eigenvalue weighted by Crippen LogP contribution is 2.28. The zero-order chi connectivity index (χ0) is 15.6. The Morgan fingerprint density at radius 2 is 2.14 bits per heavy atom. The minimum atomic E-state index is -0.965. The van der Waals surface area contributed by atoms with Crippen LogP contribution < -0.4 is 10.2 Å². The number of rotatable bonds is 3. The van der Waals surface area contributed by atoms with Gasteiger partial charge < -0.3 is 15.3 Å². The van der Waals surface area contributed by atoms with E-state index in [-0.39, 0.29) is 5.91 Å². The van der Waals surface area contributed by atoms with E-state index in [2.05, 4.69) is 10.2 Å². The lowest BCUT2D eigenvalue weighted by molar-refractivity contribution is -0.131. The molecule has 1 saturated heterocycles. The summed E-state index contributed by atoms with van der Waals surface area (Å²) in [6.45, 7) is 7.11. The van der Waals surface area contributed by atoms with Crippen LogP contribution in [0.2, 0.25) is 0 Å². The highest BCUT2D eigenvalue weighted by Gasteiger charge is 2.37. The van der Waals surface area contributed by atoms with Crippen LogP contribution >= 0.6 is 0 Å². The van der Waals surface area contributed by atoms with Crippen molar-refractivity contribution in [1.82, 2.24) is 5.32 Å². The van der Waals surface area contributed by atoms with E-state index in [1.54, 1.807) is 6.08 Å². The van der Waals surface area contributed by atoms with Gasteiger partial charge in [0, 0.05) is 24.9 Å². The molecule has 0 bridgehead atoms. The van der Waals surface area contributed by atoms with Crippen molar-refractivity contribution in [3.63, 3.8) is 0 Å². The third-order valence-corrected chi connectivity index (χ3v) is 3.82. The molecule has 2 rings (SSSR count). The van der Waals surface area contributed by atoms with E-state index in [4.69, 9.17) is 5.11 Å². The molecule has 1 amide bonds. The summed E-state index contributed by atoms with van der Waals surface area (Å²) in [4.78, 5) is 24.7. The molecule has 1 fully saturated rings. The van der Waals surface area contributed by atoms with Crippen molar-refractivity contribution in [3.8, 4) is 0 Å². The normalized spacial score (nSPS) is 17.9. The van der Waals surface area contributed by atoms with Gasteiger partial charge in [0.15, 0.2) is 0 Å². The molecule has 21 heavy (non-hydrogen) atoms. The van der Waals surface area contributed by atoms with Gasteiger partial charge in [-0.05, 0) is 50.1 Å². The van der Waals surface area contributed by atoms with Crippen molar-refractivity contribution in [2.75, 3.05) is 18.0 Å². The number of nitrogens with zero attached hydrogens (tertiary/aromatic N) is 1. The van der Waals surface area contributed by atoms with E-state index in [0.717, 1.165) is 29.4 Å². The maximum atomic E-state index is 12.0. The monoisotopic (exact) mass is 288 g/mol. The topological polar surface area (TPSA) is 69.6 Å². The number of carboxylic acids is 1. The number of carboxylic acid groups (broad SMARTS) is 1. The Hall–Kier alpha value is -2.30. The molecule has 1 aromatic carbocycles. The lowest BCUT2D eigenvalue weighted by Gasteiger charge is -2.43. The second-order valence-electron chi connectivity index (χ2n) is 5.68. The van der Waals surface area contributed by atoms with Crippen LogP contribution in [-0.4, -0.2) is 35.6 Å². The fraction of sp³-hybridized carbons (Fsp3) is 0.375. The summed E-state index contributed by atoms with van der Waals surface area (Å²) in [6, 6.07) is 5.80. The first-order chi connectivity index (χ1) is 9.82. The second kappa shape index (κ2) is 5.60. The van der Waals surface area contributed by atoms with Crippen molar-refractivity contribution in [2.45, 2.75) is 26.3 Å². The van der Waals surface area contributed by atoms with Gasteiger partial charge in [0.1, 0.15) is 5.54 Å². The van der Waals surface area contributed by atoms with Gasteiger partial charge in [-0.2, -0.15) is 0 Å². The van der Waals surface area contributed by atoms with Gasteiger partial charge >= 0.3 is 5.97 Å². The SMILES string of the molecule is Cc1cc(N2CCNC(=O)C2(C)C)ccc1C=CC(=O)O. The van der Waals surface area contributed by atoms with E-state index in [0.29, 0.717) is 6.54 Å². The minimum Gasteiger partial charge on any atom is -0.478 e. The molecule has 0 aromatic heterocycles. The predicted octanol–water partition coefficient (Wildman–Crippen LogP) is 1.81. The van der Waals surface area contributed by atoms with E-state index in [1.807, 2.05) is 39.0 Å². The highest BCUT2D eigenvalue weighted by molar-refractivity contribution is 5.90. The minimum absolute atomic E-state index is 0.0150. The van der Waals surface area contributed by atoms with Crippen LogP contribution in [0.1, 0.15) is 25.0 Å². The van der Waals surface area contributed by atoms with Gasteiger partial charge in [0.2, 0.25) is 5.91 Å². The molecule has 0 spiro atoms. The summed E-state index contributed by atoms with van der Waals surface area (Å²) in [5.41, 5.74) is 2.22. The van der Waals surface area contributed by atoms with Crippen molar-refractivity contribution in [2.24, 2.45) is 0 Å². The second-order valence-corrected chi connectivity index (χ2v) is 5.68. The standard InChI is InChI=1S/C16H20N2O3/c1-11-10-13(6-4-12(11)5-7-14(19)20)18-9-8-17-15(21)16(18,2)3/h4-7,10H,8-9H2,1-3H3,(H,17,21)(H,19,20). The van der Waals surface area contributed by atoms with Crippen LogP contribution in [0.25, 0.3) is 6.08 Å². The Labute approximate surface area is 124 Å². The molecule has 5 nitrogen and oxygen atoms in total. The molecular formula is C16H20N2O3. The molecule has 0 unspecified atom stereocenters. The summed E-state index contributed by atoms with van der Waals surface area (Å²) in [5, 5.41) is 11.6. The van der Waals surface area contributed by atoms with Gasteiger partial charge in [0.05, 0.1) is 0 Å². The number of benzene rings is 1. The summed E-state index contributed by atoms with van der Waals surface area (Å²) in [7, 11) is 0. The Bertz CT molecular complexity index is 606. The van der Waals surface area contributed by atoms with Crippen molar-refractivity contribution in [3.05, 3.63) is 35.4 Å². The number of amides is 1. The summed E-state index contributed by atoms with van der Waals surface area (Å²) in [6.07, 6.45) is 2.70. The molecule has 0 aliphatic carbocycles. The molecule has 1 aliphatic heterocycles. The number of anilines is 1. The molecule has 0 atom stereocenters. The summed E-state index contributed by atoms with van der Waals surface area (Å²) >= 11 is 0. The zero-order valence-electron chi connectivity index (χ0n) is 12.5. The maximum absolute atomic E-state index is 12.0. The number of hydrogen-bond donors (Lipinski definition) is 2. The van der Waals surface area contributed by atoms with Crippen molar-refractivity contribution < 1.29 is 14.7 Å². The van der Waals surface area contributed by atoms with Crippen LogP contribution in [-0.2, 0) is 9.59 Å². The average molecular weight is 288 g/mol. The first-order valence-corrected chi connectivity index (χ1v) is 6.90. The third kappa shape index (κ3) is 3.07. The van der Waals surface area contributed by atoms with E-state index < -0.39 is 11.5 Å². The molecule has 2 N–H and O–H groups in total. The lowest BCUT2D eigenvalue weighted by atomic mass is 9.97. The average Bonchev–Trinajstić information content (AvgIpc) is 2.40. The van der Waals surface area contributed by atoms with Crippen molar-refractivity contribution >= 4 is 23.6 Å². The molecule has 1 heterocycles. The van der Waals surface area contributed by atoms with Crippen LogP contribution in [0.4, 0.5) is 5.69 Å². The number of piperazine rings is 1. The number of carbonyl (C=O) groups excluding carboxylic acids is 1. The maximum Gasteiger partial charge on any atom is 0.328 e. The Morgan fingerprint density at radius 1 is 1.43 bits per heavy atom. The number of aryl methyl sites for hydroxylation is 1. The molecule has 0 saturated carbocycles. The number of aliphatic carboxylic acids is 1. The fourth-order valence-corrected chi connectivity index (χ4v) is 2.53. The number of hydrogen-bond acceptors (Lipinski definition) is 3. The van der Waals surface area contributed by atoms with Crippen LogP contribution in [0.5, 0.6) is 0 Å². The quantitative estimate of drug-likeness (QED) is 0.832. The zero-order valence-corrected chi connectivity index (χ0v) is 12.5. The predicted molar refractivity (Wildman–Crippen MR) is 82.3 cm³/mol. The first-order valence-electron chi connectivity index (χ1n) is 6.90. The molecule has 1 aliphatic rings. The van der Waals surface area contributed by atoms with Crippen LogP contribution in [0.3, 0.4) is 0 Å². The fourth-order valence-electron chi connectivity index (χ4n) is 2.53.